The van der Waals surface area contributed by atoms with Gasteiger partial charge in [-0.25, -0.2) is 4.99 Å². The van der Waals surface area contributed by atoms with Crippen LogP contribution in [0.4, 0.5) is 11.4 Å². The standard InChI is InChI=1S/C23H20BrN7O/c1-32-19-13-12-15(24)14-18(19)20-29-30-23-28-21(25-16-8-4-2-5-9-16)27-22(31(20)23)26-17-10-6-3-7-11-17/h2-14,23,30H,1H3,(H2,25,26,27,28). The molecule has 0 aliphatic carbocycles. The van der Waals surface area contributed by atoms with Gasteiger partial charge in [-0.3, -0.25) is 10.3 Å². The molecule has 2 heterocycles. The van der Waals surface area contributed by atoms with E-state index in [1.807, 2.05) is 83.8 Å². The van der Waals surface area contributed by atoms with Crippen molar-refractivity contribution in [2.24, 2.45) is 15.1 Å². The van der Waals surface area contributed by atoms with Crippen molar-refractivity contribution in [3.63, 3.8) is 0 Å². The second kappa shape index (κ2) is 8.72. The van der Waals surface area contributed by atoms with E-state index < -0.39 is 6.29 Å². The minimum atomic E-state index is -0.469. The topological polar surface area (TPSA) is 85.6 Å². The Morgan fingerprint density at radius 1 is 0.938 bits per heavy atom. The molecule has 1 unspecified atom stereocenters. The van der Waals surface area contributed by atoms with Crippen LogP contribution in [-0.2, 0) is 0 Å². The molecular weight excluding hydrogens is 470 g/mol. The molecule has 0 spiro atoms. The Balaban J connectivity index is 1.53. The molecule has 5 rings (SSSR count). The summed E-state index contributed by atoms with van der Waals surface area (Å²) in [5.41, 5.74) is 5.72. The smallest absolute Gasteiger partial charge is 0.229 e. The number of halogens is 1. The van der Waals surface area contributed by atoms with Gasteiger partial charge in [-0.2, -0.15) is 10.1 Å². The number of nitrogens with one attached hydrogen (secondary N) is 3. The fourth-order valence-corrected chi connectivity index (χ4v) is 3.80. The average molecular weight is 490 g/mol. The molecule has 9 heteroatoms. The summed E-state index contributed by atoms with van der Waals surface area (Å²) in [6.07, 6.45) is -0.469. The maximum absolute atomic E-state index is 5.58. The Kier molecular flexibility index (Phi) is 5.47. The quantitative estimate of drug-likeness (QED) is 0.509. The molecule has 0 saturated carbocycles. The van der Waals surface area contributed by atoms with Gasteiger partial charge in [0.2, 0.25) is 18.2 Å². The molecule has 2 aliphatic rings. The first kappa shape index (κ1) is 20.1. The number of amidine groups is 1. The highest BCUT2D eigenvalue weighted by Gasteiger charge is 2.37. The third-order valence-electron chi connectivity index (χ3n) is 4.91. The van der Waals surface area contributed by atoms with Gasteiger partial charge in [-0.05, 0) is 42.5 Å². The van der Waals surface area contributed by atoms with E-state index >= 15 is 0 Å². The van der Waals surface area contributed by atoms with Crippen LogP contribution < -0.4 is 20.8 Å². The van der Waals surface area contributed by atoms with Crippen molar-refractivity contribution < 1.29 is 4.74 Å². The van der Waals surface area contributed by atoms with Gasteiger partial charge in [-0.15, -0.1) is 0 Å². The van der Waals surface area contributed by atoms with Crippen LogP contribution in [0.25, 0.3) is 0 Å². The lowest BCUT2D eigenvalue weighted by Crippen LogP contribution is -2.50. The van der Waals surface area contributed by atoms with Crippen LogP contribution in [0.3, 0.4) is 0 Å². The van der Waals surface area contributed by atoms with Crippen molar-refractivity contribution in [1.29, 1.82) is 0 Å². The summed E-state index contributed by atoms with van der Waals surface area (Å²) in [5.74, 6) is 2.41. The van der Waals surface area contributed by atoms with Crippen LogP contribution in [0.1, 0.15) is 5.56 Å². The van der Waals surface area contributed by atoms with Crippen molar-refractivity contribution in [2.45, 2.75) is 6.29 Å². The van der Waals surface area contributed by atoms with E-state index in [2.05, 4.69) is 37.1 Å². The highest BCUT2D eigenvalue weighted by molar-refractivity contribution is 9.10. The summed E-state index contributed by atoms with van der Waals surface area (Å²) in [6.45, 7) is 0. The number of hydrogen-bond acceptors (Lipinski definition) is 8. The van der Waals surface area contributed by atoms with Crippen LogP contribution in [0.15, 0.2) is 98.4 Å². The predicted octanol–water partition coefficient (Wildman–Crippen LogP) is 4.26. The number of benzene rings is 3. The summed E-state index contributed by atoms with van der Waals surface area (Å²) >= 11 is 3.54. The molecule has 1 atom stereocenters. The molecule has 3 aromatic rings. The molecule has 0 saturated heterocycles. The normalized spacial score (nSPS) is 16.9. The van der Waals surface area contributed by atoms with Crippen molar-refractivity contribution in [3.05, 3.63) is 88.9 Å². The van der Waals surface area contributed by atoms with E-state index in [1.165, 1.54) is 0 Å². The van der Waals surface area contributed by atoms with Crippen LogP contribution in [0.5, 0.6) is 5.75 Å². The fraction of sp³-hybridized carbons (Fsp3) is 0.0870. The second-order valence-corrected chi connectivity index (χ2v) is 7.94. The van der Waals surface area contributed by atoms with Crippen molar-refractivity contribution in [2.75, 3.05) is 17.7 Å². The number of hydrazone groups is 1. The molecule has 0 fully saturated rings. The van der Waals surface area contributed by atoms with Crippen LogP contribution in [0, 0.1) is 0 Å². The number of nitrogens with zero attached hydrogens (tertiary/aromatic N) is 4. The predicted molar refractivity (Wildman–Crippen MR) is 131 cm³/mol. The van der Waals surface area contributed by atoms with E-state index in [-0.39, 0.29) is 0 Å². The van der Waals surface area contributed by atoms with E-state index in [4.69, 9.17) is 14.7 Å². The average Bonchev–Trinajstić information content (AvgIpc) is 3.24. The van der Waals surface area contributed by atoms with Crippen LogP contribution in [0.2, 0.25) is 0 Å². The van der Waals surface area contributed by atoms with Gasteiger partial charge in [0.05, 0.1) is 12.7 Å². The third kappa shape index (κ3) is 4.02. The fourth-order valence-electron chi connectivity index (χ4n) is 3.44. The first-order valence-electron chi connectivity index (χ1n) is 9.98. The Morgan fingerprint density at radius 2 is 1.62 bits per heavy atom. The lowest BCUT2D eigenvalue weighted by atomic mass is 10.1. The van der Waals surface area contributed by atoms with Gasteiger partial charge in [0.15, 0.2) is 5.84 Å². The zero-order valence-corrected chi connectivity index (χ0v) is 18.7. The minimum Gasteiger partial charge on any atom is -0.496 e. The number of ether oxygens (including phenoxy) is 1. The first-order valence-corrected chi connectivity index (χ1v) is 10.8. The number of hydrogen-bond donors (Lipinski definition) is 3. The number of rotatable bonds is 4. The van der Waals surface area contributed by atoms with Gasteiger partial charge in [-0.1, -0.05) is 52.3 Å². The Hall–Kier alpha value is -3.85. The number of methoxy groups -OCH3 is 1. The molecule has 32 heavy (non-hydrogen) atoms. The molecule has 3 N–H and O–H groups in total. The number of fused-ring (bicyclic) bond motifs is 1. The summed E-state index contributed by atoms with van der Waals surface area (Å²) in [5, 5.41) is 11.2. The molecular formula is C23H20BrN7O. The van der Waals surface area contributed by atoms with Crippen LogP contribution in [-0.4, -0.2) is 36.1 Å². The summed E-state index contributed by atoms with van der Waals surface area (Å²) in [7, 11) is 1.64. The molecule has 0 bridgehead atoms. The van der Waals surface area contributed by atoms with E-state index in [1.54, 1.807) is 7.11 Å². The Labute approximate surface area is 193 Å². The number of guanidine groups is 2. The number of anilines is 2. The number of aliphatic imine (C=N–C) groups is 2. The Morgan fingerprint density at radius 3 is 2.31 bits per heavy atom. The summed E-state index contributed by atoms with van der Waals surface area (Å²) in [4.78, 5) is 11.4. The highest BCUT2D eigenvalue weighted by Crippen LogP contribution is 2.28. The van der Waals surface area contributed by atoms with Gasteiger partial charge in [0.25, 0.3) is 0 Å². The Bertz CT molecular complexity index is 1210. The summed E-state index contributed by atoms with van der Waals surface area (Å²) in [6, 6.07) is 25.5. The lowest BCUT2D eigenvalue weighted by Gasteiger charge is -2.30. The third-order valence-corrected chi connectivity index (χ3v) is 5.40. The number of para-hydroxylation sites is 2. The molecule has 0 aromatic heterocycles. The zero-order valence-electron chi connectivity index (χ0n) is 17.2. The van der Waals surface area contributed by atoms with E-state index in [0.717, 1.165) is 21.4 Å². The van der Waals surface area contributed by atoms with E-state index in [9.17, 15) is 0 Å². The maximum Gasteiger partial charge on any atom is 0.229 e. The monoisotopic (exact) mass is 489 g/mol. The lowest BCUT2D eigenvalue weighted by molar-refractivity contribution is 0.406. The second-order valence-electron chi connectivity index (χ2n) is 7.02. The molecule has 2 aliphatic heterocycles. The van der Waals surface area contributed by atoms with Crippen molar-refractivity contribution in [1.82, 2.24) is 10.3 Å². The molecule has 3 aromatic carbocycles. The highest BCUT2D eigenvalue weighted by atomic mass is 79.9. The van der Waals surface area contributed by atoms with Crippen molar-refractivity contribution in [3.8, 4) is 5.75 Å². The molecule has 160 valence electrons. The first-order chi connectivity index (χ1) is 15.7. The van der Waals surface area contributed by atoms with Gasteiger partial charge in [0.1, 0.15) is 5.75 Å². The summed E-state index contributed by atoms with van der Waals surface area (Å²) < 4.78 is 6.50. The zero-order chi connectivity index (χ0) is 21.9. The van der Waals surface area contributed by atoms with E-state index in [0.29, 0.717) is 23.5 Å². The molecule has 8 nitrogen and oxygen atoms in total. The SMILES string of the molecule is COc1ccc(Br)cc1C1=NNC2N=C(Nc3ccccc3)N=C(Nc3ccccc3)N12. The van der Waals surface area contributed by atoms with Gasteiger partial charge in [0, 0.05) is 15.8 Å². The minimum absolute atomic E-state index is 0.469. The molecule has 0 radical (unpaired) electrons. The van der Waals surface area contributed by atoms with Gasteiger partial charge < -0.3 is 15.4 Å². The van der Waals surface area contributed by atoms with Crippen molar-refractivity contribution >= 4 is 45.1 Å². The van der Waals surface area contributed by atoms with Crippen LogP contribution >= 0.6 is 15.9 Å². The maximum atomic E-state index is 5.58. The van der Waals surface area contributed by atoms with Gasteiger partial charge >= 0.3 is 0 Å². The largest absolute Gasteiger partial charge is 0.496 e. The molecule has 0 amide bonds.